The summed E-state index contributed by atoms with van der Waals surface area (Å²) in [5.74, 6) is 1.70. The number of benzene rings is 2. The van der Waals surface area contributed by atoms with Crippen molar-refractivity contribution >= 4 is 5.97 Å². The van der Waals surface area contributed by atoms with E-state index in [4.69, 9.17) is 18.7 Å². The number of hydrogen-bond acceptors (Lipinski definition) is 6. The van der Waals surface area contributed by atoms with Crippen LogP contribution in [0, 0.1) is 0 Å². The Bertz CT molecular complexity index is 935. The molecule has 1 aliphatic heterocycles. The van der Waals surface area contributed by atoms with E-state index in [1.807, 2.05) is 43.3 Å². The Morgan fingerprint density at radius 3 is 2.89 bits per heavy atom. The first kappa shape index (κ1) is 17.1. The lowest BCUT2D eigenvalue weighted by atomic mass is 10.1. The number of hydrogen-bond donors (Lipinski definition) is 0. The maximum Gasteiger partial charge on any atom is 0.344 e. The normalized spacial score (nSPS) is 15.1. The molecule has 0 saturated carbocycles. The molecule has 138 valence electrons. The fourth-order valence-electron chi connectivity index (χ4n) is 2.95. The van der Waals surface area contributed by atoms with E-state index >= 15 is 0 Å². The standard InChI is InChI=1S/C21H19NO5/c1-14-9-16-10-15(7-8-19(16)26-14)20-11-17(22-27-20)12-25-21(23)13-24-18-5-3-2-4-6-18/h2-8,10-11,14H,9,12-13H2,1H3. The number of esters is 1. The van der Waals surface area contributed by atoms with Crippen molar-refractivity contribution in [3.8, 4) is 22.8 Å². The van der Waals surface area contributed by atoms with Crippen molar-refractivity contribution in [2.75, 3.05) is 6.61 Å². The minimum absolute atomic E-state index is 0.0333. The molecule has 0 fully saturated rings. The summed E-state index contributed by atoms with van der Waals surface area (Å²) in [5, 5.41) is 3.97. The lowest BCUT2D eigenvalue weighted by molar-refractivity contribution is -0.147. The van der Waals surface area contributed by atoms with Gasteiger partial charge in [0.2, 0.25) is 0 Å². The van der Waals surface area contributed by atoms with Crippen LogP contribution in [0.5, 0.6) is 11.5 Å². The van der Waals surface area contributed by atoms with Gasteiger partial charge in [0.1, 0.15) is 29.9 Å². The largest absolute Gasteiger partial charge is 0.490 e. The number of fused-ring (bicyclic) bond motifs is 1. The summed E-state index contributed by atoms with van der Waals surface area (Å²) >= 11 is 0. The van der Waals surface area contributed by atoms with Crippen molar-refractivity contribution in [3.05, 3.63) is 65.9 Å². The van der Waals surface area contributed by atoms with E-state index in [0.29, 0.717) is 17.2 Å². The maximum atomic E-state index is 11.8. The third kappa shape index (κ3) is 4.11. The SMILES string of the molecule is CC1Cc2cc(-c3cc(COC(=O)COc4ccccc4)no3)ccc2O1. The number of rotatable bonds is 6. The molecule has 6 heteroatoms. The molecule has 1 atom stereocenters. The van der Waals surface area contributed by atoms with Crippen molar-refractivity contribution in [2.24, 2.45) is 0 Å². The number of nitrogens with zero attached hydrogens (tertiary/aromatic N) is 1. The Labute approximate surface area is 156 Å². The second-order valence-corrected chi connectivity index (χ2v) is 6.40. The molecule has 0 radical (unpaired) electrons. The molecule has 1 unspecified atom stereocenters. The molecule has 3 aromatic rings. The predicted molar refractivity (Wildman–Crippen MR) is 97.5 cm³/mol. The average molecular weight is 365 g/mol. The van der Waals surface area contributed by atoms with Gasteiger partial charge in [-0.25, -0.2) is 4.79 Å². The second kappa shape index (κ2) is 7.53. The highest BCUT2D eigenvalue weighted by Crippen LogP contribution is 2.33. The zero-order valence-electron chi connectivity index (χ0n) is 14.9. The maximum absolute atomic E-state index is 11.8. The van der Waals surface area contributed by atoms with Gasteiger partial charge in [0, 0.05) is 18.1 Å². The van der Waals surface area contributed by atoms with Crippen LogP contribution in [0.3, 0.4) is 0 Å². The molecular weight excluding hydrogens is 346 g/mol. The minimum Gasteiger partial charge on any atom is -0.490 e. The molecule has 1 aromatic heterocycles. The quantitative estimate of drug-likeness (QED) is 0.619. The topological polar surface area (TPSA) is 70.8 Å². The molecular formula is C21H19NO5. The van der Waals surface area contributed by atoms with E-state index in [0.717, 1.165) is 23.3 Å². The first-order valence-corrected chi connectivity index (χ1v) is 8.76. The molecule has 0 spiro atoms. The summed E-state index contributed by atoms with van der Waals surface area (Å²) < 4.78 is 21.6. The number of carbonyl (C=O) groups excluding carboxylic acids is 1. The average Bonchev–Trinajstić information content (AvgIpc) is 3.30. The first-order valence-electron chi connectivity index (χ1n) is 8.76. The molecule has 0 N–H and O–H groups in total. The summed E-state index contributed by atoms with van der Waals surface area (Å²) in [5.41, 5.74) is 2.62. The molecule has 6 nitrogen and oxygen atoms in total. The van der Waals surface area contributed by atoms with E-state index in [9.17, 15) is 4.79 Å². The van der Waals surface area contributed by atoms with Gasteiger partial charge in [-0.05, 0) is 42.8 Å². The highest BCUT2D eigenvalue weighted by atomic mass is 16.6. The van der Waals surface area contributed by atoms with E-state index in [1.54, 1.807) is 18.2 Å². The molecule has 2 heterocycles. The number of aromatic nitrogens is 1. The molecule has 0 bridgehead atoms. The lowest BCUT2D eigenvalue weighted by Crippen LogP contribution is -2.14. The van der Waals surface area contributed by atoms with Crippen molar-refractivity contribution < 1.29 is 23.5 Å². The van der Waals surface area contributed by atoms with Gasteiger partial charge in [0.15, 0.2) is 12.4 Å². The Hall–Kier alpha value is -3.28. The van der Waals surface area contributed by atoms with Crippen molar-refractivity contribution in [1.29, 1.82) is 0 Å². The number of ether oxygens (including phenoxy) is 3. The Morgan fingerprint density at radius 2 is 2.04 bits per heavy atom. The zero-order chi connectivity index (χ0) is 18.6. The molecule has 0 amide bonds. The van der Waals surface area contributed by atoms with Crippen LogP contribution in [0.15, 0.2) is 59.1 Å². The fourth-order valence-corrected chi connectivity index (χ4v) is 2.95. The van der Waals surface area contributed by atoms with Crippen LogP contribution >= 0.6 is 0 Å². The van der Waals surface area contributed by atoms with Crippen molar-refractivity contribution in [1.82, 2.24) is 5.16 Å². The molecule has 0 saturated heterocycles. The highest BCUT2D eigenvalue weighted by Gasteiger charge is 2.20. The Kier molecular flexibility index (Phi) is 4.78. The summed E-state index contributed by atoms with van der Waals surface area (Å²) in [6.45, 7) is 1.92. The van der Waals surface area contributed by atoms with Gasteiger partial charge in [-0.1, -0.05) is 23.4 Å². The van der Waals surface area contributed by atoms with Crippen LogP contribution < -0.4 is 9.47 Å². The first-order chi connectivity index (χ1) is 13.2. The van der Waals surface area contributed by atoms with E-state index < -0.39 is 5.97 Å². The van der Waals surface area contributed by atoms with Crippen LogP contribution in [0.4, 0.5) is 0 Å². The van der Waals surface area contributed by atoms with Gasteiger partial charge in [-0.15, -0.1) is 0 Å². The number of carbonyl (C=O) groups is 1. The predicted octanol–water partition coefficient (Wildman–Crippen LogP) is 3.79. The van der Waals surface area contributed by atoms with E-state index in [-0.39, 0.29) is 19.3 Å². The fraction of sp³-hybridized carbons (Fsp3) is 0.238. The van der Waals surface area contributed by atoms with Crippen LogP contribution in [0.1, 0.15) is 18.2 Å². The molecule has 4 rings (SSSR count). The van der Waals surface area contributed by atoms with Crippen LogP contribution in [0.25, 0.3) is 11.3 Å². The van der Waals surface area contributed by atoms with Gasteiger partial charge in [0.25, 0.3) is 0 Å². The van der Waals surface area contributed by atoms with Crippen molar-refractivity contribution in [2.45, 2.75) is 26.1 Å². The zero-order valence-corrected chi connectivity index (χ0v) is 14.9. The van der Waals surface area contributed by atoms with Gasteiger partial charge in [-0.2, -0.15) is 0 Å². The number of para-hydroxylation sites is 1. The monoisotopic (exact) mass is 365 g/mol. The summed E-state index contributed by atoms with van der Waals surface area (Å²) in [6.07, 6.45) is 1.07. The third-order valence-corrected chi connectivity index (χ3v) is 4.22. The molecule has 1 aliphatic rings. The smallest absolute Gasteiger partial charge is 0.344 e. The Balaban J connectivity index is 1.32. The minimum atomic E-state index is -0.466. The summed E-state index contributed by atoms with van der Waals surface area (Å²) in [6, 6.07) is 16.8. The molecule has 2 aromatic carbocycles. The van der Waals surface area contributed by atoms with E-state index in [2.05, 4.69) is 5.16 Å². The van der Waals surface area contributed by atoms with Gasteiger partial charge >= 0.3 is 5.97 Å². The summed E-state index contributed by atoms with van der Waals surface area (Å²) in [7, 11) is 0. The highest BCUT2D eigenvalue weighted by molar-refractivity contribution is 5.71. The van der Waals surface area contributed by atoms with Crippen molar-refractivity contribution in [3.63, 3.8) is 0 Å². The molecule has 27 heavy (non-hydrogen) atoms. The second-order valence-electron chi connectivity index (χ2n) is 6.40. The van der Waals surface area contributed by atoms with Gasteiger partial charge in [0.05, 0.1) is 0 Å². The van der Waals surface area contributed by atoms with Crippen LogP contribution in [-0.4, -0.2) is 23.8 Å². The summed E-state index contributed by atoms with van der Waals surface area (Å²) in [4.78, 5) is 11.8. The van der Waals surface area contributed by atoms with Gasteiger partial charge < -0.3 is 18.7 Å². The van der Waals surface area contributed by atoms with E-state index in [1.165, 1.54) is 0 Å². The molecule has 0 aliphatic carbocycles. The van der Waals surface area contributed by atoms with Gasteiger partial charge in [-0.3, -0.25) is 0 Å². The third-order valence-electron chi connectivity index (χ3n) is 4.22. The Morgan fingerprint density at radius 1 is 1.19 bits per heavy atom. The van der Waals surface area contributed by atoms with Crippen LogP contribution in [-0.2, 0) is 22.6 Å². The van der Waals surface area contributed by atoms with Crippen LogP contribution in [0.2, 0.25) is 0 Å². The lowest BCUT2D eigenvalue weighted by Gasteiger charge is -2.05.